The van der Waals surface area contributed by atoms with E-state index in [0.29, 0.717) is 18.1 Å². The molecule has 2 rings (SSSR count). The van der Waals surface area contributed by atoms with E-state index in [0.717, 1.165) is 5.69 Å². The second-order valence-electron chi connectivity index (χ2n) is 2.67. The first kappa shape index (κ1) is 9.04. The Labute approximate surface area is 86.8 Å². The zero-order valence-corrected chi connectivity index (χ0v) is 8.20. The number of fused-ring (bicyclic) bond motifs is 1. The van der Waals surface area contributed by atoms with Gasteiger partial charge in [-0.3, -0.25) is 4.40 Å². The molecule has 0 aliphatic rings. The SMILES string of the molecule is ClCCC#Cc1cnc2ncccn12. The number of rotatable bonds is 1. The van der Waals surface area contributed by atoms with Gasteiger partial charge >= 0.3 is 0 Å². The molecule has 70 valence electrons. The van der Waals surface area contributed by atoms with E-state index in [1.807, 2.05) is 16.7 Å². The summed E-state index contributed by atoms with van der Waals surface area (Å²) in [5.41, 5.74) is 0.846. The number of hydrogen-bond acceptors (Lipinski definition) is 2. The minimum Gasteiger partial charge on any atom is -0.277 e. The van der Waals surface area contributed by atoms with Crippen LogP contribution in [0.4, 0.5) is 0 Å². The van der Waals surface area contributed by atoms with E-state index >= 15 is 0 Å². The highest BCUT2D eigenvalue weighted by Gasteiger charge is 1.98. The van der Waals surface area contributed by atoms with Gasteiger partial charge in [0.2, 0.25) is 5.78 Å². The summed E-state index contributed by atoms with van der Waals surface area (Å²) in [6.45, 7) is 0. The van der Waals surface area contributed by atoms with Gasteiger partial charge in [0.1, 0.15) is 5.69 Å². The zero-order valence-electron chi connectivity index (χ0n) is 7.44. The van der Waals surface area contributed by atoms with Crippen molar-refractivity contribution in [2.24, 2.45) is 0 Å². The number of imidazole rings is 1. The van der Waals surface area contributed by atoms with Crippen LogP contribution in [0.25, 0.3) is 5.78 Å². The summed E-state index contributed by atoms with van der Waals surface area (Å²) >= 11 is 5.52. The van der Waals surface area contributed by atoms with Crippen molar-refractivity contribution in [2.45, 2.75) is 6.42 Å². The average Bonchev–Trinajstić information content (AvgIpc) is 2.63. The van der Waals surface area contributed by atoms with E-state index in [-0.39, 0.29) is 0 Å². The van der Waals surface area contributed by atoms with Crippen LogP contribution in [-0.4, -0.2) is 20.2 Å². The number of hydrogen-bond donors (Lipinski definition) is 0. The van der Waals surface area contributed by atoms with Gasteiger partial charge in [0.15, 0.2) is 0 Å². The molecule has 0 fully saturated rings. The van der Waals surface area contributed by atoms with Gasteiger partial charge in [-0.2, -0.15) is 0 Å². The lowest BCUT2D eigenvalue weighted by atomic mass is 10.4. The third-order valence-electron chi connectivity index (χ3n) is 1.72. The maximum atomic E-state index is 5.52. The summed E-state index contributed by atoms with van der Waals surface area (Å²) in [4.78, 5) is 8.20. The van der Waals surface area contributed by atoms with Crippen molar-refractivity contribution in [3.05, 3.63) is 30.4 Å². The Morgan fingerprint density at radius 1 is 1.43 bits per heavy atom. The molecule has 3 nitrogen and oxygen atoms in total. The van der Waals surface area contributed by atoms with Gasteiger partial charge in [-0.15, -0.1) is 11.6 Å². The number of aromatic nitrogens is 3. The Kier molecular flexibility index (Phi) is 2.66. The molecule has 0 spiro atoms. The van der Waals surface area contributed by atoms with E-state index in [2.05, 4.69) is 21.8 Å². The maximum Gasteiger partial charge on any atom is 0.234 e. The molecule has 0 amide bonds. The number of nitrogens with zero attached hydrogens (tertiary/aromatic N) is 3. The fraction of sp³-hybridized carbons (Fsp3) is 0.200. The quantitative estimate of drug-likeness (QED) is 0.524. The first-order valence-electron chi connectivity index (χ1n) is 4.25. The highest BCUT2D eigenvalue weighted by atomic mass is 35.5. The summed E-state index contributed by atoms with van der Waals surface area (Å²) in [5, 5.41) is 0. The Morgan fingerprint density at radius 3 is 3.21 bits per heavy atom. The number of alkyl halides is 1. The Hall–Kier alpha value is -1.53. The van der Waals surface area contributed by atoms with Gasteiger partial charge in [-0.25, -0.2) is 9.97 Å². The maximum absolute atomic E-state index is 5.52. The Morgan fingerprint density at radius 2 is 2.36 bits per heavy atom. The topological polar surface area (TPSA) is 30.2 Å². The van der Waals surface area contributed by atoms with Crippen molar-refractivity contribution in [1.29, 1.82) is 0 Å². The predicted octanol–water partition coefficient (Wildman–Crippen LogP) is 1.71. The average molecular weight is 206 g/mol. The highest BCUT2D eigenvalue weighted by molar-refractivity contribution is 6.18. The molecule has 0 bridgehead atoms. The second kappa shape index (κ2) is 4.12. The molecular weight excluding hydrogens is 198 g/mol. The lowest BCUT2D eigenvalue weighted by molar-refractivity contribution is 1.09. The molecule has 2 aromatic rings. The molecule has 2 heterocycles. The molecule has 4 heteroatoms. The first-order valence-corrected chi connectivity index (χ1v) is 4.78. The van der Waals surface area contributed by atoms with E-state index in [4.69, 9.17) is 11.6 Å². The van der Waals surface area contributed by atoms with Gasteiger partial charge in [0.25, 0.3) is 0 Å². The number of halogens is 1. The summed E-state index contributed by atoms with van der Waals surface area (Å²) < 4.78 is 1.85. The molecule has 0 saturated carbocycles. The van der Waals surface area contributed by atoms with Crippen LogP contribution in [-0.2, 0) is 0 Å². The molecule has 0 unspecified atom stereocenters. The zero-order chi connectivity index (χ0) is 9.80. The fourth-order valence-electron chi connectivity index (χ4n) is 1.12. The van der Waals surface area contributed by atoms with Gasteiger partial charge in [0.05, 0.1) is 6.20 Å². The Balaban J connectivity index is 2.40. The molecule has 0 atom stereocenters. The molecular formula is C10H8ClN3. The summed E-state index contributed by atoms with van der Waals surface area (Å²) in [5.74, 6) is 7.18. The first-order chi connectivity index (χ1) is 6.92. The molecule has 0 radical (unpaired) electrons. The summed E-state index contributed by atoms with van der Waals surface area (Å²) in [6, 6.07) is 1.85. The minimum atomic E-state index is 0.558. The van der Waals surface area contributed by atoms with Gasteiger partial charge in [-0.1, -0.05) is 5.92 Å². The van der Waals surface area contributed by atoms with Crippen LogP contribution in [0.1, 0.15) is 12.1 Å². The van der Waals surface area contributed by atoms with Crippen LogP contribution in [0.3, 0.4) is 0 Å². The van der Waals surface area contributed by atoms with Crippen LogP contribution in [0, 0.1) is 11.8 Å². The van der Waals surface area contributed by atoms with Crippen LogP contribution < -0.4 is 0 Å². The van der Waals surface area contributed by atoms with Gasteiger partial charge in [0, 0.05) is 24.7 Å². The van der Waals surface area contributed by atoms with Crippen molar-refractivity contribution in [2.75, 3.05) is 5.88 Å². The van der Waals surface area contributed by atoms with Crippen LogP contribution in [0.15, 0.2) is 24.7 Å². The normalized spacial score (nSPS) is 9.79. The largest absolute Gasteiger partial charge is 0.277 e. The molecule has 0 aliphatic heterocycles. The van der Waals surface area contributed by atoms with Crippen molar-refractivity contribution in [3.63, 3.8) is 0 Å². The van der Waals surface area contributed by atoms with Crippen LogP contribution in [0.2, 0.25) is 0 Å². The summed E-state index contributed by atoms with van der Waals surface area (Å²) in [7, 11) is 0. The second-order valence-corrected chi connectivity index (χ2v) is 3.05. The molecule has 0 aliphatic carbocycles. The van der Waals surface area contributed by atoms with E-state index in [1.165, 1.54) is 0 Å². The lowest BCUT2D eigenvalue weighted by Crippen LogP contribution is -1.88. The van der Waals surface area contributed by atoms with Gasteiger partial charge in [-0.05, 0) is 12.0 Å². The van der Waals surface area contributed by atoms with E-state index < -0.39 is 0 Å². The standard InChI is InChI=1S/C10H8ClN3/c11-5-2-1-4-9-8-13-10-12-6-3-7-14(9)10/h3,6-8H,2,5H2. The monoisotopic (exact) mass is 205 g/mol. The molecule has 14 heavy (non-hydrogen) atoms. The molecule has 0 aromatic carbocycles. The van der Waals surface area contributed by atoms with Crippen LogP contribution >= 0.6 is 11.6 Å². The van der Waals surface area contributed by atoms with Crippen molar-refractivity contribution in [3.8, 4) is 11.8 Å². The third-order valence-corrected chi connectivity index (χ3v) is 1.91. The minimum absolute atomic E-state index is 0.558. The van der Waals surface area contributed by atoms with Crippen molar-refractivity contribution in [1.82, 2.24) is 14.4 Å². The highest BCUT2D eigenvalue weighted by Crippen LogP contribution is 2.01. The predicted molar refractivity (Wildman–Crippen MR) is 55.2 cm³/mol. The lowest BCUT2D eigenvalue weighted by Gasteiger charge is -1.91. The van der Waals surface area contributed by atoms with Crippen molar-refractivity contribution < 1.29 is 0 Å². The van der Waals surface area contributed by atoms with Crippen molar-refractivity contribution >= 4 is 17.4 Å². The smallest absolute Gasteiger partial charge is 0.234 e. The molecule has 0 N–H and O–H groups in total. The third kappa shape index (κ3) is 1.70. The fourth-order valence-corrected chi connectivity index (χ4v) is 1.22. The van der Waals surface area contributed by atoms with Gasteiger partial charge < -0.3 is 0 Å². The molecule has 0 saturated heterocycles. The Bertz CT molecular complexity index is 493. The van der Waals surface area contributed by atoms with E-state index in [1.54, 1.807) is 12.4 Å². The summed E-state index contributed by atoms with van der Waals surface area (Å²) in [6.07, 6.45) is 6.00. The van der Waals surface area contributed by atoms with E-state index in [9.17, 15) is 0 Å². The van der Waals surface area contributed by atoms with Crippen LogP contribution in [0.5, 0.6) is 0 Å². The molecule has 2 aromatic heterocycles.